The number of fused-ring (bicyclic) bond motifs is 1. The molecule has 0 aromatic carbocycles. The summed E-state index contributed by atoms with van der Waals surface area (Å²) in [6, 6.07) is 2.21. The molecular formula is C14H16N4OS. The first-order valence-electron chi connectivity index (χ1n) is 6.65. The number of hydrogen-bond acceptors (Lipinski definition) is 5. The zero-order valence-corrected chi connectivity index (χ0v) is 12.0. The van der Waals surface area contributed by atoms with E-state index in [-0.39, 0.29) is 11.9 Å². The van der Waals surface area contributed by atoms with Crippen molar-refractivity contribution in [3.63, 3.8) is 0 Å². The van der Waals surface area contributed by atoms with Gasteiger partial charge in [-0.15, -0.1) is 11.3 Å². The molecule has 1 aliphatic rings. The van der Waals surface area contributed by atoms with Crippen LogP contribution in [0.2, 0.25) is 0 Å². The van der Waals surface area contributed by atoms with Crippen molar-refractivity contribution in [2.75, 3.05) is 12.4 Å². The van der Waals surface area contributed by atoms with Gasteiger partial charge in [0.2, 0.25) is 0 Å². The van der Waals surface area contributed by atoms with Crippen molar-refractivity contribution in [1.29, 1.82) is 0 Å². The molecule has 0 aliphatic heterocycles. The van der Waals surface area contributed by atoms with Crippen molar-refractivity contribution in [2.24, 2.45) is 0 Å². The van der Waals surface area contributed by atoms with Crippen LogP contribution in [-0.4, -0.2) is 22.9 Å². The molecule has 104 valence electrons. The van der Waals surface area contributed by atoms with E-state index in [9.17, 15) is 4.79 Å². The standard InChI is InChI=1S/C14H16N4OS/c1-15-13-8-16-11(7-17-13)14(19)18-10-3-2-4-12-9(10)5-6-20-12/h5-8,10H,2-4H2,1H3,(H,15,17)(H,18,19). The molecule has 0 saturated carbocycles. The van der Waals surface area contributed by atoms with E-state index in [1.165, 1.54) is 16.6 Å². The highest BCUT2D eigenvalue weighted by atomic mass is 32.1. The van der Waals surface area contributed by atoms with Gasteiger partial charge in [-0.05, 0) is 36.3 Å². The first-order valence-corrected chi connectivity index (χ1v) is 7.53. The molecule has 1 amide bonds. The Hall–Kier alpha value is -1.95. The van der Waals surface area contributed by atoms with E-state index in [4.69, 9.17) is 0 Å². The Bertz CT molecular complexity index is 608. The summed E-state index contributed by atoms with van der Waals surface area (Å²) in [6.45, 7) is 0. The maximum Gasteiger partial charge on any atom is 0.271 e. The minimum atomic E-state index is -0.163. The van der Waals surface area contributed by atoms with E-state index in [2.05, 4.69) is 32.0 Å². The molecule has 3 rings (SSSR count). The number of nitrogens with one attached hydrogen (secondary N) is 2. The summed E-state index contributed by atoms with van der Waals surface area (Å²) in [5.41, 5.74) is 1.61. The quantitative estimate of drug-likeness (QED) is 0.910. The number of thiophene rings is 1. The van der Waals surface area contributed by atoms with Gasteiger partial charge in [0.25, 0.3) is 5.91 Å². The van der Waals surface area contributed by atoms with Crippen LogP contribution in [0, 0.1) is 0 Å². The van der Waals surface area contributed by atoms with Crippen molar-refractivity contribution < 1.29 is 4.79 Å². The Morgan fingerprint density at radius 3 is 3.05 bits per heavy atom. The molecule has 2 N–H and O–H groups in total. The van der Waals surface area contributed by atoms with Crippen molar-refractivity contribution in [3.8, 4) is 0 Å². The highest BCUT2D eigenvalue weighted by Gasteiger charge is 2.23. The fraction of sp³-hybridized carbons (Fsp3) is 0.357. The fourth-order valence-electron chi connectivity index (χ4n) is 2.44. The third-order valence-electron chi connectivity index (χ3n) is 3.50. The highest BCUT2D eigenvalue weighted by molar-refractivity contribution is 7.10. The van der Waals surface area contributed by atoms with Gasteiger partial charge in [-0.3, -0.25) is 4.79 Å². The van der Waals surface area contributed by atoms with Crippen LogP contribution < -0.4 is 10.6 Å². The zero-order valence-electron chi connectivity index (χ0n) is 11.2. The van der Waals surface area contributed by atoms with Crippen LogP contribution in [0.15, 0.2) is 23.8 Å². The average molecular weight is 288 g/mol. The van der Waals surface area contributed by atoms with E-state index in [0.717, 1.165) is 19.3 Å². The summed E-state index contributed by atoms with van der Waals surface area (Å²) in [7, 11) is 1.77. The summed E-state index contributed by atoms with van der Waals surface area (Å²) in [5.74, 6) is 0.489. The predicted molar refractivity (Wildman–Crippen MR) is 79.0 cm³/mol. The Balaban J connectivity index is 1.73. The summed E-state index contributed by atoms with van der Waals surface area (Å²) < 4.78 is 0. The van der Waals surface area contributed by atoms with Crippen LogP contribution in [0.1, 0.15) is 39.8 Å². The Kier molecular flexibility index (Phi) is 3.64. The van der Waals surface area contributed by atoms with Crippen LogP contribution in [-0.2, 0) is 6.42 Å². The molecule has 2 aromatic heterocycles. The van der Waals surface area contributed by atoms with Crippen molar-refractivity contribution in [2.45, 2.75) is 25.3 Å². The van der Waals surface area contributed by atoms with E-state index in [0.29, 0.717) is 11.5 Å². The molecule has 1 unspecified atom stereocenters. The molecule has 1 aliphatic carbocycles. The topological polar surface area (TPSA) is 66.9 Å². The first-order chi connectivity index (χ1) is 9.78. The molecule has 0 bridgehead atoms. The smallest absolute Gasteiger partial charge is 0.271 e. The van der Waals surface area contributed by atoms with Gasteiger partial charge < -0.3 is 10.6 Å². The number of hydrogen-bond donors (Lipinski definition) is 2. The first kappa shape index (κ1) is 13.1. The maximum atomic E-state index is 12.2. The third kappa shape index (κ3) is 2.51. The largest absolute Gasteiger partial charge is 0.372 e. The predicted octanol–water partition coefficient (Wildman–Crippen LogP) is 2.39. The molecule has 5 nitrogen and oxygen atoms in total. The normalized spacial score (nSPS) is 17.4. The van der Waals surface area contributed by atoms with Crippen LogP contribution in [0.3, 0.4) is 0 Å². The van der Waals surface area contributed by atoms with Gasteiger partial charge in [0.15, 0.2) is 0 Å². The number of nitrogens with zero attached hydrogens (tertiary/aromatic N) is 2. The monoisotopic (exact) mass is 288 g/mol. The van der Waals surface area contributed by atoms with Gasteiger partial charge in [0, 0.05) is 11.9 Å². The molecule has 6 heteroatoms. The molecule has 0 radical (unpaired) electrons. The molecule has 20 heavy (non-hydrogen) atoms. The number of amides is 1. The second-order valence-electron chi connectivity index (χ2n) is 4.75. The summed E-state index contributed by atoms with van der Waals surface area (Å²) in [6.07, 6.45) is 6.28. The molecule has 2 aromatic rings. The second kappa shape index (κ2) is 5.58. The summed E-state index contributed by atoms with van der Waals surface area (Å²) >= 11 is 1.77. The van der Waals surface area contributed by atoms with Gasteiger partial charge in [-0.2, -0.15) is 0 Å². The lowest BCUT2D eigenvalue weighted by atomic mass is 9.94. The highest BCUT2D eigenvalue weighted by Crippen LogP contribution is 2.33. The van der Waals surface area contributed by atoms with Gasteiger partial charge in [0.05, 0.1) is 18.4 Å². The molecule has 1 atom stereocenters. The number of carbonyl (C=O) groups is 1. The van der Waals surface area contributed by atoms with Crippen LogP contribution in [0.25, 0.3) is 0 Å². The Morgan fingerprint density at radius 1 is 1.40 bits per heavy atom. The van der Waals surface area contributed by atoms with Crippen molar-refractivity contribution >= 4 is 23.1 Å². The number of carbonyl (C=O) groups excluding carboxylic acids is 1. The van der Waals surface area contributed by atoms with E-state index in [1.807, 2.05) is 0 Å². The van der Waals surface area contributed by atoms with Gasteiger partial charge in [0.1, 0.15) is 11.5 Å². The van der Waals surface area contributed by atoms with Gasteiger partial charge in [-0.25, -0.2) is 9.97 Å². The van der Waals surface area contributed by atoms with E-state index >= 15 is 0 Å². The Labute approximate surface area is 121 Å². The number of anilines is 1. The second-order valence-corrected chi connectivity index (χ2v) is 5.75. The fourth-order valence-corrected chi connectivity index (χ4v) is 3.43. The Morgan fingerprint density at radius 2 is 2.30 bits per heavy atom. The molecule has 0 spiro atoms. The maximum absolute atomic E-state index is 12.2. The summed E-state index contributed by atoms with van der Waals surface area (Å²) in [5, 5.41) is 8.03. The molecular weight excluding hydrogens is 272 g/mol. The lowest BCUT2D eigenvalue weighted by molar-refractivity contribution is 0.0927. The lowest BCUT2D eigenvalue weighted by Gasteiger charge is -2.23. The SMILES string of the molecule is CNc1cnc(C(=O)NC2CCCc3sccc32)cn1. The number of rotatable bonds is 3. The van der Waals surface area contributed by atoms with Gasteiger partial charge >= 0.3 is 0 Å². The van der Waals surface area contributed by atoms with Crippen LogP contribution in [0.4, 0.5) is 5.82 Å². The minimum absolute atomic E-state index is 0.100. The van der Waals surface area contributed by atoms with Crippen molar-refractivity contribution in [1.82, 2.24) is 15.3 Å². The molecule has 2 heterocycles. The van der Waals surface area contributed by atoms with Crippen molar-refractivity contribution in [3.05, 3.63) is 40.0 Å². The number of aromatic nitrogens is 2. The third-order valence-corrected chi connectivity index (χ3v) is 4.49. The van der Waals surface area contributed by atoms with Gasteiger partial charge in [-0.1, -0.05) is 0 Å². The lowest BCUT2D eigenvalue weighted by Crippen LogP contribution is -2.31. The van der Waals surface area contributed by atoms with Crippen LogP contribution >= 0.6 is 11.3 Å². The molecule has 0 saturated heterocycles. The van der Waals surface area contributed by atoms with E-state index in [1.54, 1.807) is 24.6 Å². The minimum Gasteiger partial charge on any atom is -0.372 e. The average Bonchev–Trinajstić information content (AvgIpc) is 2.97. The van der Waals surface area contributed by atoms with Crippen LogP contribution in [0.5, 0.6) is 0 Å². The molecule has 0 fully saturated rings. The zero-order chi connectivity index (χ0) is 13.9. The van der Waals surface area contributed by atoms with E-state index < -0.39 is 0 Å². The summed E-state index contributed by atoms with van der Waals surface area (Å²) in [4.78, 5) is 21.8. The number of aryl methyl sites for hydroxylation is 1.